The molecule has 1 atom stereocenters. The lowest BCUT2D eigenvalue weighted by atomic mass is 10.0. The van der Waals surface area contributed by atoms with Crippen molar-refractivity contribution in [1.29, 1.82) is 0 Å². The maximum atomic E-state index is 6.23. The summed E-state index contributed by atoms with van der Waals surface area (Å²) >= 11 is 12.1. The molecule has 1 unspecified atom stereocenters. The number of aromatic nitrogens is 1. The van der Waals surface area contributed by atoms with Crippen LogP contribution in [0.1, 0.15) is 51.8 Å². The van der Waals surface area contributed by atoms with Gasteiger partial charge in [-0.3, -0.25) is 4.98 Å². The van der Waals surface area contributed by atoms with Gasteiger partial charge in [0, 0.05) is 6.20 Å². The van der Waals surface area contributed by atoms with Crippen molar-refractivity contribution in [3.8, 4) is 0 Å². The molecule has 0 saturated heterocycles. The maximum Gasteiger partial charge on any atom is 0.0760 e. The standard InChI is InChI=1S/C14H22Cl2N2/c1-4-7-17-13(6-5-10(2)3)14-12(16)8-11(15)9-18-14/h8-10,13,17H,4-7H2,1-3H3. The Balaban J connectivity index is 2.79. The van der Waals surface area contributed by atoms with Gasteiger partial charge in [0.1, 0.15) is 0 Å². The molecule has 0 spiro atoms. The molecule has 0 saturated carbocycles. The van der Waals surface area contributed by atoms with Gasteiger partial charge in [-0.15, -0.1) is 0 Å². The number of hydrogen-bond donors (Lipinski definition) is 1. The van der Waals surface area contributed by atoms with Gasteiger partial charge < -0.3 is 5.32 Å². The largest absolute Gasteiger partial charge is 0.309 e. The van der Waals surface area contributed by atoms with Crippen molar-refractivity contribution in [3.05, 3.63) is 28.0 Å². The molecule has 0 aliphatic heterocycles. The molecule has 0 aromatic carbocycles. The monoisotopic (exact) mass is 288 g/mol. The minimum absolute atomic E-state index is 0.220. The van der Waals surface area contributed by atoms with E-state index in [9.17, 15) is 0 Å². The second kappa shape index (κ2) is 7.98. The smallest absolute Gasteiger partial charge is 0.0760 e. The van der Waals surface area contributed by atoms with E-state index in [-0.39, 0.29) is 6.04 Å². The Labute approximate surface area is 120 Å². The minimum atomic E-state index is 0.220. The van der Waals surface area contributed by atoms with Crippen LogP contribution in [0.15, 0.2) is 12.3 Å². The van der Waals surface area contributed by atoms with E-state index in [4.69, 9.17) is 23.2 Å². The van der Waals surface area contributed by atoms with E-state index in [2.05, 4.69) is 31.1 Å². The van der Waals surface area contributed by atoms with E-state index in [1.165, 1.54) is 0 Å². The van der Waals surface area contributed by atoms with Gasteiger partial charge in [-0.2, -0.15) is 0 Å². The summed E-state index contributed by atoms with van der Waals surface area (Å²) in [7, 11) is 0. The Kier molecular flexibility index (Phi) is 6.98. The van der Waals surface area contributed by atoms with Gasteiger partial charge in [-0.1, -0.05) is 44.0 Å². The maximum absolute atomic E-state index is 6.23. The third kappa shape index (κ3) is 5.13. The van der Waals surface area contributed by atoms with Crippen LogP contribution in [0.3, 0.4) is 0 Å². The van der Waals surface area contributed by atoms with Crippen molar-refractivity contribution in [2.75, 3.05) is 6.54 Å². The van der Waals surface area contributed by atoms with Crippen LogP contribution in [-0.2, 0) is 0 Å². The van der Waals surface area contributed by atoms with Crippen LogP contribution in [0.4, 0.5) is 0 Å². The van der Waals surface area contributed by atoms with Crippen molar-refractivity contribution in [2.45, 2.75) is 46.1 Å². The van der Waals surface area contributed by atoms with Crippen LogP contribution in [0.2, 0.25) is 10.0 Å². The first-order valence-corrected chi connectivity index (χ1v) is 7.34. The molecule has 18 heavy (non-hydrogen) atoms. The molecule has 1 rings (SSSR count). The van der Waals surface area contributed by atoms with Crippen LogP contribution in [0.25, 0.3) is 0 Å². The Hall–Kier alpha value is -0.310. The highest BCUT2D eigenvalue weighted by molar-refractivity contribution is 6.34. The second-order valence-corrected chi connectivity index (χ2v) is 5.84. The number of nitrogens with one attached hydrogen (secondary N) is 1. The van der Waals surface area contributed by atoms with E-state index in [0.29, 0.717) is 16.0 Å². The quantitative estimate of drug-likeness (QED) is 0.775. The molecule has 102 valence electrons. The molecule has 1 aromatic rings. The summed E-state index contributed by atoms with van der Waals surface area (Å²) in [5.74, 6) is 0.682. The number of pyridine rings is 1. The lowest BCUT2D eigenvalue weighted by Gasteiger charge is -2.20. The molecule has 0 radical (unpaired) electrons. The van der Waals surface area contributed by atoms with Gasteiger partial charge in [-0.25, -0.2) is 0 Å². The topological polar surface area (TPSA) is 24.9 Å². The van der Waals surface area contributed by atoms with Gasteiger partial charge in [0.2, 0.25) is 0 Å². The molecule has 0 amide bonds. The van der Waals surface area contributed by atoms with Crippen molar-refractivity contribution in [3.63, 3.8) is 0 Å². The third-order valence-electron chi connectivity index (χ3n) is 2.84. The van der Waals surface area contributed by atoms with Crippen LogP contribution in [0, 0.1) is 5.92 Å². The van der Waals surface area contributed by atoms with Gasteiger partial charge in [0.25, 0.3) is 0 Å². The molecule has 0 aliphatic carbocycles. The van der Waals surface area contributed by atoms with Crippen molar-refractivity contribution in [1.82, 2.24) is 10.3 Å². The number of rotatable bonds is 7. The lowest BCUT2D eigenvalue weighted by Crippen LogP contribution is -2.23. The number of hydrogen-bond acceptors (Lipinski definition) is 2. The summed E-state index contributed by atoms with van der Waals surface area (Å²) in [5, 5.41) is 4.75. The lowest BCUT2D eigenvalue weighted by molar-refractivity contribution is 0.434. The van der Waals surface area contributed by atoms with Gasteiger partial charge >= 0.3 is 0 Å². The van der Waals surface area contributed by atoms with Crippen LogP contribution >= 0.6 is 23.2 Å². The highest BCUT2D eigenvalue weighted by atomic mass is 35.5. The summed E-state index contributed by atoms with van der Waals surface area (Å²) in [6.45, 7) is 7.59. The Morgan fingerprint density at radius 3 is 2.56 bits per heavy atom. The first kappa shape index (κ1) is 15.7. The SMILES string of the molecule is CCCNC(CCC(C)C)c1ncc(Cl)cc1Cl. The third-order valence-corrected chi connectivity index (χ3v) is 3.35. The zero-order chi connectivity index (χ0) is 13.5. The highest BCUT2D eigenvalue weighted by Crippen LogP contribution is 2.27. The Bertz CT molecular complexity index is 367. The summed E-state index contributed by atoms with van der Waals surface area (Å²) in [5.41, 5.74) is 0.912. The predicted octanol–water partition coefficient (Wildman–Crippen LogP) is 4.87. The fourth-order valence-electron chi connectivity index (χ4n) is 1.84. The fraction of sp³-hybridized carbons (Fsp3) is 0.643. The van der Waals surface area contributed by atoms with Crippen LogP contribution in [-0.4, -0.2) is 11.5 Å². The summed E-state index contributed by atoms with van der Waals surface area (Å²) < 4.78 is 0. The fourth-order valence-corrected chi connectivity index (χ4v) is 2.35. The van der Waals surface area contributed by atoms with E-state index in [0.717, 1.165) is 31.5 Å². The van der Waals surface area contributed by atoms with Gasteiger partial charge in [-0.05, 0) is 37.8 Å². The first-order valence-electron chi connectivity index (χ1n) is 6.59. The second-order valence-electron chi connectivity index (χ2n) is 5.00. The summed E-state index contributed by atoms with van der Waals surface area (Å²) in [6, 6.07) is 1.98. The molecule has 0 aliphatic rings. The summed E-state index contributed by atoms with van der Waals surface area (Å²) in [4.78, 5) is 4.38. The normalized spacial score (nSPS) is 13.0. The van der Waals surface area contributed by atoms with Crippen molar-refractivity contribution < 1.29 is 0 Å². The van der Waals surface area contributed by atoms with Crippen LogP contribution < -0.4 is 5.32 Å². The van der Waals surface area contributed by atoms with Crippen molar-refractivity contribution >= 4 is 23.2 Å². The van der Waals surface area contributed by atoms with Gasteiger partial charge in [0.15, 0.2) is 0 Å². The molecular weight excluding hydrogens is 267 g/mol. The molecule has 2 nitrogen and oxygen atoms in total. The first-order chi connectivity index (χ1) is 8.54. The number of halogens is 2. The van der Waals surface area contributed by atoms with E-state index < -0.39 is 0 Å². The average molecular weight is 289 g/mol. The zero-order valence-corrected chi connectivity index (χ0v) is 12.9. The molecule has 4 heteroatoms. The molecule has 1 heterocycles. The van der Waals surface area contributed by atoms with E-state index in [1.54, 1.807) is 12.3 Å². The average Bonchev–Trinajstić information content (AvgIpc) is 2.30. The Morgan fingerprint density at radius 2 is 2.00 bits per heavy atom. The minimum Gasteiger partial charge on any atom is -0.309 e. The zero-order valence-electron chi connectivity index (χ0n) is 11.3. The van der Waals surface area contributed by atoms with Gasteiger partial charge in [0.05, 0.1) is 21.8 Å². The van der Waals surface area contributed by atoms with E-state index >= 15 is 0 Å². The Morgan fingerprint density at radius 1 is 1.28 bits per heavy atom. The van der Waals surface area contributed by atoms with Crippen molar-refractivity contribution in [2.24, 2.45) is 5.92 Å². The molecular formula is C14H22Cl2N2. The summed E-state index contributed by atoms with van der Waals surface area (Å²) in [6.07, 6.45) is 4.97. The molecule has 1 N–H and O–H groups in total. The molecule has 1 aromatic heterocycles. The molecule has 0 bridgehead atoms. The van der Waals surface area contributed by atoms with E-state index in [1.807, 2.05) is 0 Å². The number of nitrogens with zero attached hydrogens (tertiary/aromatic N) is 1. The predicted molar refractivity (Wildman–Crippen MR) is 79.4 cm³/mol. The van der Waals surface area contributed by atoms with Crippen LogP contribution in [0.5, 0.6) is 0 Å². The highest BCUT2D eigenvalue weighted by Gasteiger charge is 2.16. The molecule has 0 fully saturated rings.